The van der Waals surface area contributed by atoms with Crippen molar-refractivity contribution in [3.05, 3.63) is 35.4 Å². The molecule has 2 bridgehead atoms. The van der Waals surface area contributed by atoms with E-state index < -0.39 is 0 Å². The van der Waals surface area contributed by atoms with Gasteiger partial charge in [0.15, 0.2) is 0 Å². The number of rotatable bonds is 0. The molecular formula is C26H40O4. The first-order chi connectivity index (χ1) is 14.6. The number of hydrogen-bond acceptors (Lipinski definition) is 4. The van der Waals surface area contributed by atoms with Crippen LogP contribution in [0.5, 0.6) is 0 Å². The standard InChI is InChI=1S/C26H40O4/c1-21-14-9-5-3-7-11-18-29-25(27)23-16-13-17-24(20-23)26(28)30-19-12-8-4-6-10-15-22(21)2/h13,16-17,20-22H,3-12,14-15,18-19H2,1-2H3. The van der Waals surface area contributed by atoms with Gasteiger partial charge < -0.3 is 9.47 Å². The van der Waals surface area contributed by atoms with Gasteiger partial charge in [0, 0.05) is 0 Å². The van der Waals surface area contributed by atoms with Crippen LogP contribution in [0.3, 0.4) is 0 Å². The molecule has 0 aromatic heterocycles. The molecule has 30 heavy (non-hydrogen) atoms. The Bertz CT molecular complexity index is 588. The van der Waals surface area contributed by atoms with Crippen LogP contribution in [0.15, 0.2) is 24.3 Å². The van der Waals surface area contributed by atoms with Crippen LogP contribution in [0.1, 0.15) is 112 Å². The van der Waals surface area contributed by atoms with Gasteiger partial charge in [0.05, 0.1) is 24.3 Å². The summed E-state index contributed by atoms with van der Waals surface area (Å²) in [6, 6.07) is 6.64. The second-order valence-corrected chi connectivity index (χ2v) is 8.92. The van der Waals surface area contributed by atoms with Crippen molar-refractivity contribution < 1.29 is 19.1 Å². The summed E-state index contributed by atoms with van der Waals surface area (Å²) in [6.07, 6.45) is 14.1. The summed E-state index contributed by atoms with van der Waals surface area (Å²) in [7, 11) is 0. The lowest BCUT2D eigenvalue weighted by Crippen LogP contribution is -2.10. The highest BCUT2D eigenvalue weighted by Crippen LogP contribution is 2.24. The zero-order valence-electron chi connectivity index (χ0n) is 19.0. The molecule has 1 aliphatic rings. The molecule has 0 amide bonds. The average Bonchev–Trinajstić information content (AvgIpc) is 2.76. The zero-order valence-corrected chi connectivity index (χ0v) is 19.0. The first-order valence-electron chi connectivity index (χ1n) is 12.0. The Morgan fingerprint density at radius 1 is 0.633 bits per heavy atom. The second-order valence-electron chi connectivity index (χ2n) is 8.92. The summed E-state index contributed by atoms with van der Waals surface area (Å²) in [6.45, 7) is 5.66. The Balaban J connectivity index is 1.86. The number of ether oxygens (including phenoxy) is 2. The highest BCUT2D eigenvalue weighted by molar-refractivity contribution is 5.95. The summed E-state index contributed by atoms with van der Waals surface area (Å²) in [5, 5.41) is 0. The topological polar surface area (TPSA) is 52.6 Å². The Hall–Kier alpha value is -1.84. The van der Waals surface area contributed by atoms with Gasteiger partial charge in [0.25, 0.3) is 0 Å². The van der Waals surface area contributed by atoms with Crippen LogP contribution < -0.4 is 0 Å². The molecule has 1 aromatic carbocycles. The smallest absolute Gasteiger partial charge is 0.338 e. The van der Waals surface area contributed by atoms with E-state index in [2.05, 4.69) is 13.8 Å². The van der Waals surface area contributed by atoms with Crippen molar-refractivity contribution in [1.29, 1.82) is 0 Å². The molecule has 0 saturated heterocycles. The van der Waals surface area contributed by atoms with Crippen molar-refractivity contribution in [2.75, 3.05) is 13.2 Å². The van der Waals surface area contributed by atoms with Gasteiger partial charge in [0.1, 0.15) is 0 Å². The highest BCUT2D eigenvalue weighted by Gasteiger charge is 2.13. The number of benzene rings is 1. The van der Waals surface area contributed by atoms with Gasteiger partial charge in [0.2, 0.25) is 0 Å². The van der Waals surface area contributed by atoms with Crippen LogP contribution in [0, 0.1) is 11.8 Å². The third-order valence-electron chi connectivity index (χ3n) is 6.38. The van der Waals surface area contributed by atoms with Crippen LogP contribution in [0.4, 0.5) is 0 Å². The SMILES string of the molecule is CC1CCCCCCCOC(=O)c2cccc(c2)C(=O)OCCCCCCCC1C. The molecule has 0 spiro atoms. The summed E-state index contributed by atoms with van der Waals surface area (Å²) < 4.78 is 10.8. The zero-order chi connectivity index (χ0) is 21.6. The van der Waals surface area contributed by atoms with Crippen LogP contribution in [0.2, 0.25) is 0 Å². The molecule has 0 fully saturated rings. The molecule has 2 atom stereocenters. The molecule has 0 saturated carbocycles. The van der Waals surface area contributed by atoms with E-state index in [4.69, 9.17) is 9.47 Å². The van der Waals surface area contributed by atoms with E-state index in [0.717, 1.165) is 37.5 Å². The highest BCUT2D eigenvalue weighted by atomic mass is 16.5. The van der Waals surface area contributed by atoms with Gasteiger partial charge in [-0.3, -0.25) is 0 Å². The molecule has 1 aromatic rings. The molecule has 4 nitrogen and oxygen atoms in total. The van der Waals surface area contributed by atoms with Crippen molar-refractivity contribution in [2.45, 2.75) is 90.9 Å². The fraction of sp³-hybridized carbons (Fsp3) is 0.692. The van der Waals surface area contributed by atoms with Gasteiger partial charge in [-0.15, -0.1) is 0 Å². The third-order valence-corrected chi connectivity index (χ3v) is 6.38. The molecule has 2 unspecified atom stereocenters. The minimum absolute atomic E-state index is 0.370. The Morgan fingerprint density at radius 3 is 1.50 bits per heavy atom. The van der Waals surface area contributed by atoms with Crippen molar-refractivity contribution in [1.82, 2.24) is 0 Å². The van der Waals surface area contributed by atoms with E-state index in [9.17, 15) is 9.59 Å². The molecule has 0 N–H and O–H groups in total. The monoisotopic (exact) mass is 416 g/mol. The van der Waals surface area contributed by atoms with E-state index in [1.165, 1.54) is 51.4 Å². The van der Waals surface area contributed by atoms with Crippen molar-refractivity contribution in [3.8, 4) is 0 Å². The van der Waals surface area contributed by atoms with Crippen molar-refractivity contribution in [2.24, 2.45) is 11.8 Å². The molecule has 4 heteroatoms. The molecule has 0 radical (unpaired) electrons. The first-order valence-corrected chi connectivity index (χ1v) is 12.0. The summed E-state index contributed by atoms with van der Waals surface area (Å²) in [5.74, 6) is 0.848. The van der Waals surface area contributed by atoms with Crippen LogP contribution in [-0.4, -0.2) is 25.2 Å². The molecule has 1 heterocycles. The van der Waals surface area contributed by atoms with Gasteiger partial charge in [-0.2, -0.15) is 0 Å². The van der Waals surface area contributed by atoms with Gasteiger partial charge in [-0.1, -0.05) is 84.1 Å². The van der Waals surface area contributed by atoms with E-state index in [1.807, 2.05) is 0 Å². The largest absolute Gasteiger partial charge is 0.462 e. The predicted octanol–water partition coefficient (Wildman–Crippen LogP) is 6.97. The Morgan fingerprint density at radius 2 is 1.03 bits per heavy atom. The Labute approximate surface area is 182 Å². The minimum atomic E-state index is -0.370. The van der Waals surface area contributed by atoms with Crippen molar-refractivity contribution in [3.63, 3.8) is 0 Å². The number of hydrogen-bond donors (Lipinski definition) is 0. The molecule has 168 valence electrons. The summed E-state index contributed by atoms with van der Waals surface area (Å²) >= 11 is 0. The van der Waals surface area contributed by atoms with E-state index in [0.29, 0.717) is 24.3 Å². The number of cyclic esters (lactones) is 2. The second kappa shape index (κ2) is 14.2. The summed E-state index contributed by atoms with van der Waals surface area (Å²) in [5.41, 5.74) is 0.817. The van der Waals surface area contributed by atoms with Crippen LogP contribution in [0.25, 0.3) is 0 Å². The van der Waals surface area contributed by atoms with E-state index in [-0.39, 0.29) is 11.9 Å². The van der Waals surface area contributed by atoms with Crippen molar-refractivity contribution >= 4 is 11.9 Å². The van der Waals surface area contributed by atoms with Crippen LogP contribution >= 0.6 is 0 Å². The van der Waals surface area contributed by atoms with Gasteiger partial charge in [-0.05, 0) is 42.9 Å². The first kappa shape index (κ1) is 24.4. The molecular weight excluding hydrogens is 376 g/mol. The fourth-order valence-electron chi connectivity index (χ4n) is 4.04. The third kappa shape index (κ3) is 9.32. The van der Waals surface area contributed by atoms with Crippen LogP contribution in [-0.2, 0) is 9.47 Å². The maximum Gasteiger partial charge on any atom is 0.338 e. The number of carbonyl (C=O) groups is 2. The minimum Gasteiger partial charge on any atom is -0.462 e. The number of esters is 2. The molecule has 1 aliphatic heterocycles. The lowest BCUT2D eigenvalue weighted by molar-refractivity contribution is 0.0496. The van der Waals surface area contributed by atoms with E-state index in [1.54, 1.807) is 24.3 Å². The predicted molar refractivity (Wildman–Crippen MR) is 121 cm³/mol. The average molecular weight is 417 g/mol. The maximum atomic E-state index is 12.3. The normalized spacial score (nSPS) is 24.5. The lowest BCUT2D eigenvalue weighted by atomic mass is 9.86. The quantitative estimate of drug-likeness (QED) is 0.429. The molecule has 2 rings (SSSR count). The number of carbonyl (C=O) groups excluding carboxylic acids is 2. The number of fused-ring (bicyclic) bond motifs is 2. The van der Waals surface area contributed by atoms with Gasteiger partial charge in [-0.25, -0.2) is 9.59 Å². The lowest BCUT2D eigenvalue weighted by Gasteiger charge is -2.19. The fourth-order valence-corrected chi connectivity index (χ4v) is 4.04. The maximum absolute atomic E-state index is 12.3. The molecule has 0 aliphatic carbocycles. The Kier molecular flexibility index (Phi) is 11.6. The van der Waals surface area contributed by atoms with E-state index >= 15 is 0 Å². The summed E-state index contributed by atoms with van der Waals surface area (Å²) in [4.78, 5) is 24.5. The van der Waals surface area contributed by atoms with Gasteiger partial charge >= 0.3 is 11.9 Å².